The Balaban J connectivity index is 0.00000264. The number of halogens is 2. The second-order valence-electron chi connectivity index (χ2n) is 5.28. The molecule has 0 aliphatic carbocycles. The molecule has 1 aromatic rings. The molecule has 0 radical (unpaired) electrons. The Hall–Kier alpha value is -1.34. The standard InChI is InChI=1S/C15H20ClN3O3.ClH/c1-10(20)18-13-4-3-11(9-12(13)16)19-14(21)15(22-2)5-7-17-8-6-15;/h3-4,9,17H,5-8H2,1-2H3,(H,18,20)(H,19,21);1H. The zero-order valence-corrected chi connectivity index (χ0v) is 14.6. The normalized spacial score (nSPS) is 16.1. The molecule has 1 aromatic carbocycles. The van der Waals surface area contributed by atoms with E-state index in [1.807, 2.05) is 0 Å². The van der Waals surface area contributed by atoms with Gasteiger partial charge in [-0.1, -0.05) is 11.6 Å². The number of hydrogen-bond acceptors (Lipinski definition) is 4. The zero-order valence-electron chi connectivity index (χ0n) is 13.1. The average molecular weight is 362 g/mol. The van der Waals surface area contributed by atoms with Crippen LogP contribution < -0.4 is 16.0 Å². The fourth-order valence-electron chi connectivity index (χ4n) is 2.48. The molecule has 1 fully saturated rings. The van der Waals surface area contributed by atoms with Gasteiger partial charge in [0, 0.05) is 19.7 Å². The van der Waals surface area contributed by atoms with Crippen molar-refractivity contribution in [2.45, 2.75) is 25.4 Å². The zero-order chi connectivity index (χ0) is 16.2. The third-order valence-corrected chi connectivity index (χ3v) is 4.07. The van der Waals surface area contributed by atoms with Gasteiger partial charge in [0.05, 0.1) is 10.7 Å². The molecule has 1 heterocycles. The molecule has 0 saturated carbocycles. The van der Waals surface area contributed by atoms with Crippen molar-refractivity contribution in [3.8, 4) is 0 Å². The average Bonchev–Trinajstić information content (AvgIpc) is 2.50. The summed E-state index contributed by atoms with van der Waals surface area (Å²) >= 11 is 6.10. The second kappa shape index (κ2) is 8.49. The van der Waals surface area contributed by atoms with E-state index in [0.29, 0.717) is 29.2 Å². The van der Waals surface area contributed by atoms with Crippen molar-refractivity contribution in [3.05, 3.63) is 23.2 Å². The minimum absolute atomic E-state index is 0. The molecule has 23 heavy (non-hydrogen) atoms. The molecule has 6 nitrogen and oxygen atoms in total. The molecule has 1 aliphatic rings. The van der Waals surface area contributed by atoms with Crippen molar-refractivity contribution in [2.75, 3.05) is 30.8 Å². The maximum atomic E-state index is 12.5. The summed E-state index contributed by atoms with van der Waals surface area (Å²) in [5.74, 6) is -0.383. The highest BCUT2D eigenvalue weighted by Crippen LogP contribution is 2.28. The summed E-state index contributed by atoms with van der Waals surface area (Å²) in [6, 6.07) is 4.95. The van der Waals surface area contributed by atoms with Gasteiger partial charge in [-0.2, -0.15) is 0 Å². The van der Waals surface area contributed by atoms with Gasteiger partial charge in [0.2, 0.25) is 5.91 Å². The van der Waals surface area contributed by atoms with Crippen molar-refractivity contribution in [1.82, 2.24) is 5.32 Å². The Morgan fingerprint density at radius 1 is 1.26 bits per heavy atom. The summed E-state index contributed by atoms with van der Waals surface area (Å²) in [5.41, 5.74) is 0.267. The van der Waals surface area contributed by atoms with E-state index in [0.717, 1.165) is 13.1 Å². The first-order valence-corrected chi connectivity index (χ1v) is 7.49. The predicted octanol–water partition coefficient (Wildman–Crippen LogP) is 2.43. The van der Waals surface area contributed by atoms with Gasteiger partial charge in [-0.25, -0.2) is 0 Å². The molecule has 0 aromatic heterocycles. The summed E-state index contributed by atoms with van der Waals surface area (Å²) < 4.78 is 5.48. The van der Waals surface area contributed by atoms with Crippen LogP contribution in [0.1, 0.15) is 19.8 Å². The summed E-state index contributed by atoms with van der Waals surface area (Å²) in [4.78, 5) is 23.6. The number of carbonyl (C=O) groups excluding carboxylic acids is 2. The Morgan fingerprint density at radius 3 is 2.43 bits per heavy atom. The monoisotopic (exact) mass is 361 g/mol. The van der Waals surface area contributed by atoms with Gasteiger partial charge >= 0.3 is 0 Å². The molecule has 128 valence electrons. The molecule has 0 spiro atoms. The van der Waals surface area contributed by atoms with Crippen LogP contribution in [0, 0.1) is 0 Å². The van der Waals surface area contributed by atoms with E-state index in [1.54, 1.807) is 25.3 Å². The first kappa shape index (κ1) is 19.7. The summed E-state index contributed by atoms with van der Waals surface area (Å²) in [6.45, 7) is 2.89. The van der Waals surface area contributed by atoms with Crippen LogP contribution in [0.25, 0.3) is 0 Å². The van der Waals surface area contributed by atoms with E-state index in [9.17, 15) is 9.59 Å². The van der Waals surface area contributed by atoms with Crippen molar-refractivity contribution in [2.24, 2.45) is 0 Å². The molecule has 1 saturated heterocycles. The van der Waals surface area contributed by atoms with Crippen molar-refractivity contribution < 1.29 is 14.3 Å². The quantitative estimate of drug-likeness (QED) is 0.769. The molecule has 0 unspecified atom stereocenters. The summed E-state index contributed by atoms with van der Waals surface area (Å²) in [6.07, 6.45) is 1.24. The van der Waals surface area contributed by atoms with Crippen LogP contribution in [0.4, 0.5) is 11.4 Å². The minimum Gasteiger partial charge on any atom is -0.368 e. The van der Waals surface area contributed by atoms with Gasteiger partial charge in [-0.3, -0.25) is 9.59 Å². The van der Waals surface area contributed by atoms with Crippen molar-refractivity contribution >= 4 is 47.2 Å². The number of hydrogen-bond donors (Lipinski definition) is 3. The third kappa shape index (κ3) is 4.81. The van der Waals surface area contributed by atoms with Gasteiger partial charge in [0.25, 0.3) is 5.91 Å². The lowest BCUT2D eigenvalue weighted by Gasteiger charge is -2.34. The molecule has 0 atom stereocenters. The predicted molar refractivity (Wildman–Crippen MR) is 93.5 cm³/mol. The van der Waals surface area contributed by atoms with Crippen LogP contribution in [0.3, 0.4) is 0 Å². The van der Waals surface area contributed by atoms with E-state index >= 15 is 0 Å². The highest BCUT2D eigenvalue weighted by Gasteiger charge is 2.39. The van der Waals surface area contributed by atoms with Gasteiger partial charge in [0.15, 0.2) is 0 Å². The number of nitrogens with one attached hydrogen (secondary N) is 3. The molecule has 1 aliphatic heterocycles. The number of piperidine rings is 1. The molecular weight excluding hydrogens is 341 g/mol. The number of amides is 2. The van der Waals surface area contributed by atoms with E-state index in [1.165, 1.54) is 6.92 Å². The van der Waals surface area contributed by atoms with E-state index in [-0.39, 0.29) is 24.2 Å². The highest BCUT2D eigenvalue weighted by molar-refractivity contribution is 6.34. The van der Waals surface area contributed by atoms with Crippen LogP contribution >= 0.6 is 24.0 Å². The first-order chi connectivity index (χ1) is 10.5. The Kier molecular flexibility index (Phi) is 7.28. The van der Waals surface area contributed by atoms with Gasteiger partial charge in [-0.05, 0) is 44.1 Å². The Labute approximate surface area is 146 Å². The molecule has 3 N–H and O–H groups in total. The largest absolute Gasteiger partial charge is 0.368 e. The molecule has 2 rings (SSSR count). The van der Waals surface area contributed by atoms with Gasteiger partial charge < -0.3 is 20.7 Å². The lowest BCUT2D eigenvalue weighted by atomic mass is 9.91. The summed E-state index contributed by atoms with van der Waals surface area (Å²) in [7, 11) is 1.55. The van der Waals surface area contributed by atoms with Crippen LogP contribution in [-0.4, -0.2) is 37.6 Å². The van der Waals surface area contributed by atoms with Crippen LogP contribution in [0.5, 0.6) is 0 Å². The number of rotatable bonds is 4. The second-order valence-corrected chi connectivity index (χ2v) is 5.69. The van der Waals surface area contributed by atoms with Crippen molar-refractivity contribution in [1.29, 1.82) is 0 Å². The van der Waals surface area contributed by atoms with Crippen LogP contribution in [0.15, 0.2) is 18.2 Å². The number of anilines is 2. The molecule has 8 heteroatoms. The van der Waals surface area contributed by atoms with Crippen LogP contribution in [-0.2, 0) is 14.3 Å². The summed E-state index contributed by atoms with van der Waals surface area (Å²) in [5, 5.41) is 9.03. The van der Waals surface area contributed by atoms with Gasteiger partial charge in [0.1, 0.15) is 5.60 Å². The lowest BCUT2D eigenvalue weighted by Crippen LogP contribution is -2.51. The van der Waals surface area contributed by atoms with Crippen molar-refractivity contribution in [3.63, 3.8) is 0 Å². The van der Waals surface area contributed by atoms with Crippen LogP contribution in [0.2, 0.25) is 5.02 Å². The molecule has 2 amide bonds. The minimum atomic E-state index is -0.811. The molecular formula is C15H21Cl2N3O3. The smallest absolute Gasteiger partial charge is 0.256 e. The molecule has 0 bridgehead atoms. The highest BCUT2D eigenvalue weighted by atomic mass is 35.5. The number of carbonyl (C=O) groups is 2. The maximum absolute atomic E-state index is 12.5. The fraction of sp³-hybridized carbons (Fsp3) is 0.467. The first-order valence-electron chi connectivity index (χ1n) is 7.11. The number of benzene rings is 1. The SMILES string of the molecule is COC1(C(=O)Nc2ccc(NC(C)=O)c(Cl)c2)CCNCC1.Cl. The van der Waals surface area contributed by atoms with E-state index < -0.39 is 5.60 Å². The van der Waals surface area contributed by atoms with Gasteiger partial charge in [-0.15, -0.1) is 12.4 Å². The fourth-order valence-corrected chi connectivity index (χ4v) is 2.71. The Bertz CT molecular complexity index is 575. The maximum Gasteiger partial charge on any atom is 0.256 e. The topological polar surface area (TPSA) is 79.5 Å². The lowest BCUT2D eigenvalue weighted by molar-refractivity contribution is -0.140. The Morgan fingerprint density at radius 2 is 1.91 bits per heavy atom. The number of methoxy groups -OCH3 is 1. The van der Waals surface area contributed by atoms with E-state index in [2.05, 4.69) is 16.0 Å². The van der Waals surface area contributed by atoms with E-state index in [4.69, 9.17) is 16.3 Å². The third-order valence-electron chi connectivity index (χ3n) is 3.75. The number of ether oxygens (including phenoxy) is 1.